The van der Waals surface area contributed by atoms with Gasteiger partial charge in [-0.15, -0.1) is 0 Å². The van der Waals surface area contributed by atoms with Crippen molar-refractivity contribution < 1.29 is 9.21 Å². The Balaban J connectivity index is 1.57. The highest BCUT2D eigenvalue weighted by atomic mass is 79.9. The van der Waals surface area contributed by atoms with Crippen LogP contribution in [-0.2, 0) is 11.2 Å². The van der Waals surface area contributed by atoms with Crippen molar-refractivity contribution in [3.8, 4) is 0 Å². The zero-order valence-corrected chi connectivity index (χ0v) is 16.2. The van der Waals surface area contributed by atoms with Crippen LogP contribution in [-0.4, -0.2) is 5.91 Å². The summed E-state index contributed by atoms with van der Waals surface area (Å²) in [6.07, 6.45) is 1.89. The fraction of sp³-hybridized carbons (Fsp3) is 0.0500. The van der Waals surface area contributed by atoms with Crippen LogP contribution in [0.5, 0.6) is 0 Å². The van der Waals surface area contributed by atoms with Crippen LogP contribution in [0.4, 0.5) is 5.69 Å². The standard InChI is InChI=1S/C20H13Br2NO2/c21-15-9-17-14(11-25-20(17)18(22)10-15)8-19(24)23-16-6-5-12-3-1-2-4-13(12)7-16/h1-7,9-11H,8H2,(H,23,24). The molecule has 1 amide bonds. The van der Waals surface area contributed by atoms with E-state index in [0.717, 1.165) is 41.9 Å². The lowest BCUT2D eigenvalue weighted by atomic mass is 10.1. The molecule has 4 rings (SSSR count). The van der Waals surface area contributed by atoms with E-state index in [2.05, 4.69) is 37.2 Å². The molecule has 3 aromatic carbocycles. The number of hydrogen-bond acceptors (Lipinski definition) is 2. The summed E-state index contributed by atoms with van der Waals surface area (Å²) in [4.78, 5) is 12.5. The molecule has 0 atom stereocenters. The Morgan fingerprint density at radius 2 is 1.80 bits per heavy atom. The van der Waals surface area contributed by atoms with Gasteiger partial charge in [0.2, 0.25) is 5.91 Å². The molecule has 4 aromatic rings. The van der Waals surface area contributed by atoms with E-state index >= 15 is 0 Å². The van der Waals surface area contributed by atoms with Crippen molar-refractivity contribution in [3.05, 3.63) is 75.4 Å². The molecule has 0 aliphatic carbocycles. The molecule has 1 aromatic heterocycles. The molecule has 0 bridgehead atoms. The summed E-state index contributed by atoms with van der Waals surface area (Å²) in [5.41, 5.74) is 2.39. The molecular weight excluding hydrogens is 446 g/mol. The van der Waals surface area contributed by atoms with Crippen molar-refractivity contribution in [1.82, 2.24) is 0 Å². The van der Waals surface area contributed by atoms with Crippen LogP contribution in [0.3, 0.4) is 0 Å². The van der Waals surface area contributed by atoms with Crippen molar-refractivity contribution in [2.75, 3.05) is 5.32 Å². The van der Waals surface area contributed by atoms with Gasteiger partial charge in [-0.2, -0.15) is 0 Å². The molecule has 0 aliphatic heterocycles. The van der Waals surface area contributed by atoms with Crippen molar-refractivity contribution in [2.45, 2.75) is 6.42 Å². The quantitative estimate of drug-likeness (QED) is 0.391. The molecular formula is C20H13Br2NO2. The Morgan fingerprint density at radius 3 is 2.64 bits per heavy atom. The minimum atomic E-state index is -0.0749. The second-order valence-electron chi connectivity index (χ2n) is 5.81. The zero-order valence-electron chi connectivity index (χ0n) is 13.1. The van der Waals surface area contributed by atoms with Crippen LogP contribution in [0.25, 0.3) is 21.7 Å². The topological polar surface area (TPSA) is 42.2 Å². The number of nitrogens with one attached hydrogen (secondary N) is 1. The number of anilines is 1. The Kier molecular flexibility index (Phi) is 4.36. The summed E-state index contributed by atoms with van der Waals surface area (Å²) < 4.78 is 7.39. The van der Waals surface area contributed by atoms with Gasteiger partial charge in [0.05, 0.1) is 17.2 Å². The Morgan fingerprint density at radius 1 is 1.00 bits per heavy atom. The van der Waals surface area contributed by atoms with Crippen LogP contribution in [0, 0.1) is 0 Å². The molecule has 0 aliphatic rings. The van der Waals surface area contributed by atoms with Crippen LogP contribution < -0.4 is 5.32 Å². The van der Waals surface area contributed by atoms with Crippen LogP contribution >= 0.6 is 31.9 Å². The SMILES string of the molecule is O=C(Cc1coc2c(Br)cc(Br)cc12)Nc1ccc2ccccc2c1. The molecule has 0 radical (unpaired) electrons. The fourth-order valence-electron chi connectivity index (χ4n) is 2.89. The highest BCUT2D eigenvalue weighted by Crippen LogP contribution is 2.32. The van der Waals surface area contributed by atoms with E-state index in [0.29, 0.717) is 0 Å². The average Bonchev–Trinajstić information content (AvgIpc) is 2.97. The van der Waals surface area contributed by atoms with Gasteiger partial charge in [-0.1, -0.05) is 46.3 Å². The number of furan rings is 1. The lowest BCUT2D eigenvalue weighted by Crippen LogP contribution is -2.14. The molecule has 0 saturated heterocycles. The first-order valence-corrected chi connectivity index (χ1v) is 9.32. The average molecular weight is 459 g/mol. The van der Waals surface area contributed by atoms with Crippen molar-refractivity contribution in [3.63, 3.8) is 0 Å². The Bertz CT molecular complexity index is 1100. The molecule has 3 nitrogen and oxygen atoms in total. The lowest BCUT2D eigenvalue weighted by Gasteiger charge is -2.06. The molecule has 1 N–H and O–H groups in total. The van der Waals surface area contributed by atoms with E-state index in [-0.39, 0.29) is 12.3 Å². The minimum Gasteiger partial charge on any atom is -0.463 e. The minimum absolute atomic E-state index is 0.0749. The smallest absolute Gasteiger partial charge is 0.228 e. The van der Waals surface area contributed by atoms with E-state index in [1.807, 2.05) is 54.6 Å². The number of benzene rings is 3. The number of fused-ring (bicyclic) bond motifs is 2. The van der Waals surface area contributed by atoms with Gasteiger partial charge in [-0.25, -0.2) is 0 Å². The number of rotatable bonds is 3. The molecule has 0 saturated carbocycles. The molecule has 5 heteroatoms. The van der Waals surface area contributed by atoms with E-state index < -0.39 is 0 Å². The summed E-state index contributed by atoms with van der Waals surface area (Å²) >= 11 is 6.95. The summed E-state index contributed by atoms with van der Waals surface area (Å²) in [6.45, 7) is 0. The summed E-state index contributed by atoms with van der Waals surface area (Å²) in [5, 5.41) is 6.14. The predicted octanol–water partition coefficient (Wildman–Crippen LogP) is 6.29. The van der Waals surface area contributed by atoms with E-state index in [9.17, 15) is 4.79 Å². The number of amides is 1. The molecule has 0 spiro atoms. The highest BCUT2D eigenvalue weighted by molar-refractivity contribution is 9.11. The monoisotopic (exact) mass is 457 g/mol. The Hall–Kier alpha value is -2.11. The highest BCUT2D eigenvalue weighted by Gasteiger charge is 2.13. The second-order valence-corrected chi connectivity index (χ2v) is 7.58. The first-order chi connectivity index (χ1) is 12.1. The molecule has 0 unspecified atom stereocenters. The number of halogens is 2. The predicted molar refractivity (Wildman–Crippen MR) is 108 cm³/mol. The maximum Gasteiger partial charge on any atom is 0.228 e. The van der Waals surface area contributed by atoms with Crippen molar-refractivity contribution in [1.29, 1.82) is 0 Å². The first-order valence-electron chi connectivity index (χ1n) is 7.74. The summed E-state index contributed by atoms with van der Waals surface area (Å²) in [5.74, 6) is -0.0749. The van der Waals surface area contributed by atoms with Gasteiger partial charge in [-0.05, 0) is 51.0 Å². The van der Waals surface area contributed by atoms with Crippen molar-refractivity contribution in [2.24, 2.45) is 0 Å². The molecule has 1 heterocycles. The number of carbonyl (C=O) groups is 1. The number of carbonyl (C=O) groups excluding carboxylic acids is 1. The second kappa shape index (κ2) is 6.65. The molecule has 124 valence electrons. The third-order valence-electron chi connectivity index (χ3n) is 4.06. The van der Waals surface area contributed by atoms with Gasteiger partial charge >= 0.3 is 0 Å². The van der Waals surface area contributed by atoms with Gasteiger partial charge in [0.1, 0.15) is 5.58 Å². The zero-order chi connectivity index (χ0) is 17.4. The third-order valence-corrected chi connectivity index (χ3v) is 5.10. The lowest BCUT2D eigenvalue weighted by molar-refractivity contribution is -0.115. The largest absolute Gasteiger partial charge is 0.463 e. The number of hydrogen-bond donors (Lipinski definition) is 1. The van der Waals surface area contributed by atoms with Gasteiger partial charge < -0.3 is 9.73 Å². The molecule has 0 fully saturated rings. The maximum atomic E-state index is 12.5. The van der Waals surface area contributed by atoms with Gasteiger partial charge in [0, 0.05) is 21.1 Å². The third kappa shape index (κ3) is 3.34. The normalized spacial score (nSPS) is 11.1. The van der Waals surface area contributed by atoms with Gasteiger partial charge in [0.25, 0.3) is 0 Å². The van der Waals surface area contributed by atoms with Crippen LogP contribution in [0.2, 0.25) is 0 Å². The maximum absolute atomic E-state index is 12.5. The van der Waals surface area contributed by atoms with E-state index in [4.69, 9.17) is 4.42 Å². The molecule has 25 heavy (non-hydrogen) atoms. The van der Waals surface area contributed by atoms with E-state index in [1.54, 1.807) is 6.26 Å². The van der Waals surface area contributed by atoms with Gasteiger partial charge in [-0.3, -0.25) is 4.79 Å². The van der Waals surface area contributed by atoms with Gasteiger partial charge in [0.15, 0.2) is 0 Å². The summed E-state index contributed by atoms with van der Waals surface area (Å²) in [6, 6.07) is 17.9. The van der Waals surface area contributed by atoms with Crippen LogP contribution in [0.1, 0.15) is 5.56 Å². The Labute approximate surface area is 161 Å². The van der Waals surface area contributed by atoms with Crippen LogP contribution in [0.15, 0.2) is 74.2 Å². The first kappa shape index (κ1) is 16.4. The van der Waals surface area contributed by atoms with Crippen molar-refractivity contribution >= 4 is 65.2 Å². The fourth-order valence-corrected chi connectivity index (χ4v) is 4.21. The summed E-state index contributed by atoms with van der Waals surface area (Å²) in [7, 11) is 0. The van der Waals surface area contributed by atoms with E-state index in [1.165, 1.54) is 0 Å².